The third kappa shape index (κ3) is 3.17. The number of fused-ring (bicyclic) bond motifs is 1. The Labute approximate surface area is 150 Å². The molecule has 4 rings (SSSR count). The van der Waals surface area contributed by atoms with E-state index in [0.717, 1.165) is 28.7 Å². The second kappa shape index (κ2) is 6.72. The molecular weight excluding hydrogens is 330 g/mol. The van der Waals surface area contributed by atoms with Gasteiger partial charge in [0.05, 0.1) is 5.25 Å². The van der Waals surface area contributed by atoms with Gasteiger partial charge < -0.3 is 4.98 Å². The topological polar surface area (TPSA) is 58.9 Å². The Morgan fingerprint density at radius 2 is 2.00 bits per heavy atom. The number of nitrogens with one attached hydrogen (secondary N) is 1. The molecule has 0 aliphatic rings. The van der Waals surface area contributed by atoms with Crippen molar-refractivity contribution in [2.75, 3.05) is 0 Å². The Kier molecular flexibility index (Phi) is 4.28. The first-order valence-electron chi connectivity index (χ1n) is 8.32. The first-order valence-corrected chi connectivity index (χ1v) is 9.19. The number of aryl methyl sites for hydroxylation is 2. The molecule has 126 valence electrons. The van der Waals surface area contributed by atoms with Gasteiger partial charge >= 0.3 is 0 Å². The highest BCUT2D eigenvalue weighted by molar-refractivity contribution is 7.99. The van der Waals surface area contributed by atoms with Crippen LogP contribution in [0.5, 0.6) is 0 Å². The lowest BCUT2D eigenvalue weighted by Gasteiger charge is -2.12. The molecule has 0 radical (unpaired) electrons. The van der Waals surface area contributed by atoms with Gasteiger partial charge in [0.1, 0.15) is 0 Å². The van der Waals surface area contributed by atoms with E-state index in [1.807, 2.05) is 22.8 Å². The molecular formula is C19H19N5S. The number of thioether (sulfide) groups is 1. The molecule has 5 nitrogen and oxygen atoms in total. The van der Waals surface area contributed by atoms with E-state index in [0.29, 0.717) is 0 Å². The molecule has 3 aromatic heterocycles. The van der Waals surface area contributed by atoms with E-state index in [9.17, 15) is 0 Å². The number of hydrogen-bond donors (Lipinski definition) is 1. The lowest BCUT2D eigenvalue weighted by molar-refractivity contribution is 0.832. The summed E-state index contributed by atoms with van der Waals surface area (Å²) < 4.78 is 1.94. The molecule has 0 amide bonds. The predicted octanol–water partition coefficient (Wildman–Crippen LogP) is 4.20. The van der Waals surface area contributed by atoms with Crippen LogP contribution in [0.25, 0.3) is 5.65 Å². The van der Waals surface area contributed by atoms with Crippen LogP contribution in [0, 0.1) is 6.92 Å². The van der Waals surface area contributed by atoms with Gasteiger partial charge in [0.2, 0.25) is 0 Å². The highest BCUT2D eigenvalue weighted by Gasteiger charge is 2.22. The Morgan fingerprint density at radius 1 is 1.16 bits per heavy atom. The maximum absolute atomic E-state index is 4.81. The number of nitrogens with zero attached hydrogens (tertiary/aromatic N) is 4. The maximum Gasteiger partial charge on any atom is 0.169 e. The molecule has 3 heterocycles. The second-order valence-electron chi connectivity index (χ2n) is 5.91. The van der Waals surface area contributed by atoms with Gasteiger partial charge in [0.25, 0.3) is 0 Å². The average molecular weight is 349 g/mol. The minimum atomic E-state index is -0.0173. The third-order valence-electron chi connectivity index (χ3n) is 4.13. The van der Waals surface area contributed by atoms with Crippen molar-refractivity contribution in [3.8, 4) is 0 Å². The van der Waals surface area contributed by atoms with E-state index in [2.05, 4.69) is 54.1 Å². The summed E-state index contributed by atoms with van der Waals surface area (Å²) in [6.07, 6.45) is 4.52. The summed E-state index contributed by atoms with van der Waals surface area (Å²) >= 11 is 1.63. The SMILES string of the molecule is CCc1cccc2nc(C(Sc3ncc[nH]3)c3ccc(C)cc3)nn12. The first-order chi connectivity index (χ1) is 12.2. The number of H-pyrrole nitrogens is 1. The maximum atomic E-state index is 4.81. The van der Waals surface area contributed by atoms with Crippen molar-refractivity contribution < 1.29 is 0 Å². The average Bonchev–Trinajstić information content (AvgIpc) is 3.29. The van der Waals surface area contributed by atoms with Gasteiger partial charge in [-0.2, -0.15) is 0 Å². The van der Waals surface area contributed by atoms with Gasteiger partial charge in [-0.15, -0.1) is 5.10 Å². The highest BCUT2D eigenvalue weighted by Crippen LogP contribution is 2.37. The number of rotatable bonds is 5. The van der Waals surface area contributed by atoms with Gasteiger partial charge in [-0.3, -0.25) is 0 Å². The summed E-state index contributed by atoms with van der Waals surface area (Å²) in [6, 6.07) is 14.7. The van der Waals surface area contributed by atoms with Crippen molar-refractivity contribution in [1.82, 2.24) is 24.6 Å². The Bertz CT molecular complexity index is 973. The minimum absolute atomic E-state index is 0.0173. The zero-order chi connectivity index (χ0) is 17.2. The van der Waals surface area contributed by atoms with E-state index in [1.54, 1.807) is 18.0 Å². The predicted molar refractivity (Wildman–Crippen MR) is 99.8 cm³/mol. The van der Waals surface area contributed by atoms with Crippen LogP contribution >= 0.6 is 11.8 Å². The van der Waals surface area contributed by atoms with E-state index >= 15 is 0 Å². The smallest absolute Gasteiger partial charge is 0.169 e. The Balaban J connectivity index is 1.81. The number of benzene rings is 1. The van der Waals surface area contributed by atoms with Crippen LogP contribution < -0.4 is 0 Å². The molecule has 0 bridgehead atoms. The molecule has 0 spiro atoms. The van der Waals surface area contributed by atoms with Crippen LogP contribution in [-0.4, -0.2) is 24.6 Å². The normalized spacial score (nSPS) is 12.6. The summed E-state index contributed by atoms with van der Waals surface area (Å²) in [4.78, 5) is 12.3. The van der Waals surface area contributed by atoms with E-state index in [4.69, 9.17) is 10.1 Å². The van der Waals surface area contributed by atoms with E-state index in [1.165, 1.54) is 11.1 Å². The fourth-order valence-electron chi connectivity index (χ4n) is 2.79. The van der Waals surface area contributed by atoms with Gasteiger partial charge in [-0.05, 0) is 31.0 Å². The molecule has 0 saturated carbocycles. The van der Waals surface area contributed by atoms with Crippen molar-refractivity contribution in [3.05, 3.63) is 77.5 Å². The monoisotopic (exact) mass is 349 g/mol. The molecule has 25 heavy (non-hydrogen) atoms. The van der Waals surface area contributed by atoms with Crippen LogP contribution in [-0.2, 0) is 6.42 Å². The van der Waals surface area contributed by atoms with E-state index in [-0.39, 0.29) is 5.25 Å². The van der Waals surface area contributed by atoms with E-state index < -0.39 is 0 Å². The van der Waals surface area contributed by atoms with Gasteiger partial charge in [0, 0.05) is 18.1 Å². The number of imidazole rings is 1. The lowest BCUT2D eigenvalue weighted by Crippen LogP contribution is -2.02. The molecule has 1 aromatic carbocycles. The fraction of sp³-hybridized carbons (Fsp3) is 0.211. The van der Waals surface area contributed by atoms with Crippen molar-refractivity contribution in [1.29, 1.82) is 0 Å². The molecule has 1 unspecified atom stereocenters. The van der Waals surface area contributed by atoms with Gasteiger partial charge in [-0.25, -0.2) is 14.5 Å². The number of hydrogen-bond acceptors (Lipinski definition) is 4. The molecule has 0 saturated heterocycles. The Hall–Kier alpha value is -2.60. The zero-order valence-electron chi connectivity index (χ0n) is 14.2. The molecule has 1 N–H and O–H groups in total. The lowest BCUT2D eigenvalue weighted by atomic mass is 10.1. The molecule has 0 aliphatic heterocycles. The zero-order valence-corrected chi connectivity index (χ0v) is 15.0. The second-order valence-corrected chi connectivity index (χ2v) is 7.01. The minimum Gasteiger partial charge on any atom is -0.340 e. The molecule has 0 fully saturated rings. The largest absolute Gasteiger partial charge is 0.340 e. The van der Waals surface area contributed by atoms with Crippen LogP contribution in [0.1, 0.15) is 34.8 Å². The van der Waals surface area contributed by atoms with Crippen molar-refractivity contribution in [2.24, 2.45) is 0 Å². The van der Waals surface area contributed by atoms with Crippen LogP contribution in [0.2, 0.25) is 0 Å². The summed E-state index contributed by atoms with van der Waals surface area (Å²) in [7, 11) is 0. The van der Waals surface area contributed by atoms with Gasteiger partial charge in [-0.1, -0.05) is 54.6 Å². The standard InChI is InChI=1S/C19H19N5S/c1-3-15-5-4-6-16-22-18(23-24(15)16)17(25-19-20-11-12-21-19)14-9-7-13(2)8-10-14/h4-12,17H,3H2,1-2H3,(H,20,21). The summed E-state index contributed by atoms with van der Waals surface area (Å²) in [6.45, 7) is 4.22. The van der Waals surface area contributed by atoms with Crippen LogP contribution in [0.15, 0.2) is 60.0 Å². The quantitative estimate of drug-likeness (QED) is 0.549. The number of aromatic nitrogens is 5. The number of pyridine rings is 1. The number of aromatic amines is 1. The molecule has 1 atom stereocenters. The molecule has 4 aromatic rings. The molecule has 0 aliphatic carbocycles. The Morgan fingerprint density at radius 3 is 2.72 bits per heavy atom. The molecule has 6 heteroatoms. The fourth-order valence-corrected chi connectivity index (χ4v) is 3.77. The van der Waals surface area contributed by atoms with Crippen molar-refractivity contribution in [2.45, 2.75) is 30.7 Å². The first kappa shape index (κ1) is 15.9. The van der Waals surface area contributed by atoms with Crippen LogP contribution in [0.4, 0.5) is 0 Å². The third-order valence-corrected chi connectivity index (χ3v) is 5.30. The summed E-state index contributed by atoms with van der Waals surface area (Å²) in [5.41, 5.74) is 4.44. The van der Waals surface area contributed by atoms with Gasteiger partial charge in [0.15, 0.2) is 16.6 Å². The highest BCUT2D eigenvalue weighted by atomic mass is 32.2. The van der Waals surface area contributed by atoms with Crippen LogP contribution in [0.3, 0.4) is 0 Å². The summed E-state index contributed by atoms with van der Waals surface area (Å²) in [5, 5.41) is 5.65. The van der Waals surface area contributed by atoms with Crippen molar-refractivity contribution in [3.63, 3.8) is 0 Å². The summed E-state index contributed by atoms with van der Waals surface area (Å²) in [5.74, 6) is 0.797. The van der Waals surface area contributed by atoms with Crippen molar-refractivity contribution >= 4 is 17.4 Å².